The highest BCUT2D eigenvalue weighted by atomic mass is 31.2. The van der Waals surface area contributed by atoms with Gasteiger partial charge < -0.3 is 19.4 Å². The number of likely N-dealkylation sites (N-methyl/N-ethyl adjacent to an activating group) is 1. The summed E-state index contributed by atoms with van der Waals surface area (Å²) in [5, 5.41) is 2.99. The van der Waals surface area contributed by atoms with Crippen LogP contribution in [0.5, 0.6) is 0 Å². The van der Waals surface area contributed by atoms with Crippen LogP contribution in [0.1, 0.15) is 207 Å². The van der Waals surface area contributed by atoms with Crippen molar-refractivity contribution in [2.75, 3.05) is 40.9 Å². The molecule has 0 saturated heterocycles. The number of carbonyl (C=O) groups excluding carboxylic acids is 2. The molecule has 0 rings (SSSR count). The van der Waals surface area contributed by atoms with Crippen molar-refractivity contribution < 1.29 is 37.3 Å². The van der Waals surface area contributed by atoms with Gasteiger partial charge >= 0.3 is 13.8 Å². The standard InChI is InChI=1S/C64H107N2O7P/c1-7-10-13-16-19-22-25-28-30-32-33-35-37-39-42-45-48-51-54-57-64(68)73-62(55-52-49-46-43-40-27-24-21-18-15-12-9-3)61(60-72-74(69,70)71-59-58-66(4,5)6)65-63(67)56-53-50-47-44-41-38-36-34-31-29-26-23-20-17-14-11-8-2/h10,13,19-20,22-23,28-31,33,35-36,38-39,42,44,47-48,51-52,55,61-62H,7-9,11-12,14-18,21,24-27,32,34,37,40-41,43,45-46,49-50,53-54,56-60H2,1-6H3,(H-,65,67,69,70)/p+1/b13-10-,22-19-,23-20-,30-28-,31-29-,35-33-,38-36-,42-39-,47-44-,51-48-,55-52+. The van der Waals surface area contributed by atoms with E-state index in [-0.39, 0.29) is 32.0 Å². The second-order valence-corrected chi connectivity index (χ2v) is 21.5. The highest BCUT2D eigenvalue weighted by molar-refractivity contribution is 7.47. The van der Waals surface area contributed by atoms with E-state index in [0.717, 1.165) is 83.5 Å². The third-order valence-corrected chi connectivity index (χ3v) is 12.8. The minimum Gasteiger partial charge on any atom is -0.456 e. The molecule has 3 unspecified atom stereocenters. The number of ether oxygens (including phenoxy) is 1. The van der Waals surface area contributed by atoms with Crippen LogP contribution in [-0.2, 0) is 27.9 Å². The van der Waals surface area contributed by atoms with Crippen LogP contribution in [0.4, 0.5) is 0 Å². The topological polar surface area (TPSA) is 111 Å². The molecule has 0 aliphatic heterocycles. The number of nitrogens with zero attached hydrogens (tertiary/aromatic N) is 1. The Kier molecular flexibility index (Phi) is 49.8. The number of esters is 1. The molecule has 3 atom stereocenters. The van der Waals surface area contributed by atoms with Crippen LogP contribution in [-0.4, -0.2) is 74.3 Å². The van der Waals surface area contributed by atoms with Crippen molar-refractivity contribution in [2.24, 2.45) is 0 Å². The Morgan fingerprint density at radius 2 is 0.878 bits per heavy atom. The van der Waals surface area contributed by atoms with E-state index in [0.29, 0.717) is 23.9 Å². The lowest BCUT2D eigenvalue weighted by atomic mass is 10.1. The van der Waals surface area contributed by atoms with Gasteiger partial charge in [0.05, 0.1) is 33.8 Å². The molecule has 0 spiro atoms. The summed E-state index contributed by atoms with van der Waals surface area (Å²) in [6, 6.07) is -0.916. The summed E-state index contributed by atoms with van der Waals surface area (Å²) in [5.41, 5.74) is 0. The number of phosphoric acid groups is 1. The number of phosphoric ester groups is 1. The minimum atomic E-state index is -4.49. The zero-order chi connectivity index (χ0) is 54.3. The lowest BCUT2D eigenvalue weighted by molar-refractivity contribution is -0.870. The summed E-state index contributed by atoms with van der Waals surface area (Å²) in [6.45, 7) is 6.74. The molecule has 2 N–H and O–H groups in total. The van der Waals surface area contributed by atoms with E-state index in [1.54, 1.807) is 6.08 Å². The Morgan fingerprint density at radius 3 is 1.35 bits per heavy atom. The third-order valence-electron chi connectivity index (χ3n) is 11.8. The van der Waals surface area contributed by atoms with Crippen LogP contribution in [0.15, 0.2) is 134 Å². The quantitative estimate of drug-likeness (QED) is 0.0205. The van der Waals surface area contributed by atoms with Crippen LogP contribution in [0.25, 0.3) is 0 Å². The number of hydrogen-bond donors (Lipinski definition) is 2. The average Bonchev–Trinajstić information content (AvgIpc) is 3.36. The van der Waals surface area contributed by atoms with Crippen LogP contribution in [0.3, 0.4) is 0 Å². The Labute approximate surface area is 454 Å². The van der Waals surface area contributed by atoms with Gasteiger partial charge in [0.25, 0.3) is 0 Å². The second kappa shape index (κ2) is 52.6. The third kappa shape index (κ3) is 53.0. The summed E-state index contributed by atoms with van der Waals surface area (Å²) in [6.07, 6.45) is 74.7. The van der Waals surface area contributed by atoms with E-state index in [1.807, 2.05) is 39.4 Å². The number of nitrogens with one attached hydrogen (secondary N) is 1. The maximum Gasteiger partial charge on any atom is 0.472 e. The fourth-order valence-electron chi connectivity index (χ4n) is 7.37. The largest absolute Gasteiger partial charge is 0.472 e. The van der Waals surface area contributed by atoms with Crippen molar-refractivity contribution in [3.05, 3.63) is 134 Å². The van der Waals surface area contributed by atoms with Crippen molar-refractivity contribution in [1.82, 2.24) is 5.32 Å². The normalized spacial score (nSPS) is 14.7. The number of allylic oxidation sites excluding steroid dienone is 21. The molecule has 0 aromatic heterocycles. The number of unbranched alkanes of at least 4 members (excludes halogenated alkanes) is 14. The molecule has 0 aliphatic rings. The smallest absolute Gasteiger partial charge is 0.456 e. The molecule has 0 aromatic carbocycles. The zero-order valence-corrected chi connectivity index (χ0v) is 48.7. The second-order valence-electron chi connectivity index (χ2n) is 20.1. The zero-order valence-electron chi connectivity index (χ0n) is 47.8. The highest BCUT2D eigenvalue weighted by Crippen LogP contribution is 2.43. The van der Waals surface area contributed by atoms with Gasteiger partial charge in [0, 0.05) is 12.8 Å². The molecule has 10 heteroatoms. The SMILES string of the molecule is CC/C=C\C/C=C\C/C=C\C/C=C\C/C=C\C/C=C\CCC(=O)OC(/C=C/CCCCCCCCCCCC)C(COP(=O)(O)OCC[N+](C)(C)C)NC(=O)CCC/C=C\C/C=C\C/C=C\C/C=C\CCCCC. The number of carbonyl (C=O) groups is 2. The van der Waals surface area contributed by atoms with Crippen molar-refractivity contribution in [3.63, 3.8) is 0 Å². The number of quaternary nitrogens is 1. The van der Waals surface area contributed by atoms with Gasteiger partial charge in [-0.15, -0.1) is 0 Å². The fourth-order valence-corrected chi connectivity index (χ4v) is 8.10. The fraction of sp³-hybridized carbons (Fsp3) is 0.625. The number of amides is 1. The van der Waals surface area contributed by atoms with Crippen molar-refractivity contribution in [3.8, 4) is 0 Å². The van der Waals surface area contributed by atoms with E-state index in [9.17, 15) is 19.0 Å². The predicted octanol–water partition coefficient (Wildman–Crippen LogP) is 17.7. The molecule has 0 bridgehead atoms. The summed E-state index contributed by atoms with van der Waals surface area (Å²) in [5.74, 6) is -0.681. The van der Waals surface area contributed by atoms with Crippen LogP contribution in [0.2, 0.25) is 0 Å². The maximum atomic E-state index is 13.5. The number of rotatable bonds is 50. The summed E-state index contributed by atoms with van der Waals surface area (Å²) >= 11 is 0. The predicted molar refractivity (Wildman–Crippen MR) is 318 cm³/mol. The van der Waals surface area contributed by atoms with Crippen LogP contribution in [0, 0.1) is 0 Å². The van der Waals surface area contributed by atoms with Gasteiger partial charge in [-0.2, -0.15) is 0 Å². The molecule has 0 aliphatic carbocycles. The molecule has 0 aromatic rings. The van der Waals surface area contributed by atoms with Crippen LogP contribution >= 0.6 is 7.82 Å². The lowest BCUT2D eigenvalue weighted by Gasteiger charge is -2.27. The molecular weight excluding hydrogens is 940 g/mol. The Balaban J connectivity index is 5.56. The van der Waals surface area contributed by atoms with Crippen LogP contribution < -0.4 is 5.32 Å². The molecule has 0 saturated carbocycles. The van der Waals surface area contributed by atoms with Gasteiger partial charge in [0.1, 0.15) is 19.3 Å². The first kappa shape index (κ1) is 70.1. The van der Waals surface area contributed by atoms with Gasteiger partial charge in [-0.1, -0.05) is 219 Å². The Hall–Kier alpha value is -3.85. The van der Waals surface area contributed by atoms with Gasteiger partial charge in [-0.3, -0.25) is 18.6 Å². The maximum absolute atomic E-state index is 13.5. The molecule has 420 valence electrons. The first-order valence-electron chi connectivity index (χ1n) is 29.0. The molecule has 9 nitrogen and oxygen atoms in total. The molecule has 74 heavy (non-hydrogen) atoms. The van der Waals surface area contributed by atoms with E-state index < -0.39 is 25.9 Å². The van der Waals surface area contributed by atoms with Gasteiger partial charge in [-0.25, -0.2) is 4.57 Å². The molecule has 1 amide bonds. The first-order chi connectivity index (χ1) is 35.9. The van der Waals surface area contributed by atoms with Gasteiger partial charge in [0.15, 0.2) is 0 Å². The Bertz CT molecular complexity index is 1730. The van der Waals surface area contributed by atoms with Gasteiger partial charge in [-0.05, 0) is 109 Å². The molecule has 0 fully saturated rings. The Morgan fingerprint density at radius 1 is 0.486 bits per heavy atom. The minimum absolute atomic E-state index is 0.0115. The number of hydrogen-bond acceptors (Lipinski definition) is 6. The van der Waals surface area contributed by atoms with E-state index in [4.69, 9.17) is 13.8 Å². The van der Waals surface area contributed by atoms with Gasteiger partial charge in [0.2, 0.25) is 5.91 Å². The monoisotopic (exact) mass is 1050 g/mol. The van der Waals surface area contributed by atoms with E-state index in [1.165, 1.54) is 77.0 Å². The summed E-state index contributed by atoms with van der Waals surface area (Å²) < 4.78 is 30.5. The van der Waals surface area contributed by atoms with E-state index in [2.05, 4.69) is 135 Å². The van der Waals surface area contributed by atoms with Crippen molar-refractivity contribution in [2.45, 2.75) is 219 Å². The van der Waals surface area contributed by atoms with E-state index >= 15 is 0 Å². The van der Waals surface area contributed by atoms with Crippen molar-refractivity contribution in [1.29, 1.82) is 0 Å². The first-order valence-corrected chi connectivity index (χ1v) is 30.5. The highest BCUT2D eigenvalue weighted by Gasteiger charge is 2.30. The summed E-state index contributed by atoms with van der Waals surface area (Å²) in [4.78, 5) is 37.5. The molecular formula is C64H108N2O7P+. The average molecular weight is 1050 g/mol. The molecule has 0 heterocycles. The summed E-state index contributed by atoms with van der Waals surface area (Å²) in [7, 11) is 1.40. The molecule has 0 radical (unpaired) electrons. The lowest BCUT2D eigenvalue weighted by Crippen LogP contribution is -2.47. The van der Waals surface area contributed by atoms with Crippen molar-refractivity contribution >= 4 is 19.7 Å².